The molecule has 2 N–H and O–H groups in total. The molecule has 0 saturated heterocycles. The fraction of sp³-hybridized carbons (Fsp3) is 0.235. The van der Waals surface area contributed by atoms with Gasteiger partial charge in [-0.05, 0) is 19.1 Å². The first-order valence-corrected chi connectivity index (χ1v) is 7.82. The van der Waals surface area contributed by atoms with Crippen LogP contribution in [0.2, 0.25) is 0 Å². The Bertz CT molecular complexity index is 1040. The molecule has 4 aromatic heterocycles. The summed E-state index contributed by atoms with van der Waals surface area (Å²) in [5, 5.41) is 5.26. The van der Waals surface area contributed by atoms with Gasteiger partial charge >= 0.3 is 0 Å². The van der Waals surface area contributed by atoms with E-state index in [1.165, 1.54) is 0 Å². The molecule has 0 fully saturated rings. The molecule has 1 atom stereocenters. The van der Waals surface area contributed by atoms with Gasteiger partial charge in [0.05, 0.1) is 18.7 Å². The maximum absolute atomic E-state index is 5.92. The van der Waals surface area contributed by atoms with Crippen molar-refractivity contribution in [1.29, 1.82) is 0 Å². The average molecular weight is 339 g/mol. The number of fused-ring (bicyclic) bond motifs is 2. The minimum atomic E-state index is -0.0740. The van der Waals surface area contributed by atoms with Gasteiger partial charge in [0.15, 0.2) is 11.4 Å². The van der Waals surface area contributed by atoms with Gasteiger partial charge < -0.3 is 19.6 Å². The Hall–Kier alpha value is -3.13. The molecule has 0 saturated carbocycles. The van der Waals surface area contributed by atoms with Crippen LogP contribution in [-0.2, 0) is 0 Å². The molecule has 4 rings (SSSR count). The van der Waals surface area contributed by atoms with Crippen LogP contribution in [0.1, 0.15) is 6.92 Å². The number of imidazole rings is 1. The lowest BCUT2D eigenvalue weighted by Crippen LogP contribution is -2.24. The molecular weight excluding hydrogens is 322 g/mol. The highest BCUT2D eigenvalue weighted by atomic mass is 16.5. The summed E-state index contributed by atoms with van der Waals surface area (Å²) >= 11 is 0. The number of nitrogens with two attached hydrogens (primary N) is 1. The van der Waals surface area contributed by atoms with Crippen LogP contribution in [0.15, 0.2) is 41.1 Å². The highest BCUT2D eigenvalue weighted by Crippen LogP contribution is 2.32. The predicted octanol–water partition coefficient (Wildman–Crippen LogP) is 2.27. The van der Waals surface area contributed by atoms with Crippen molar-refractivity contribution >= 4 is 16.6 Å². The maximum Gasteiger partial charge on any atom is 0.231 e. The van der Waals surface area contributed by atoms with Crippen molar-refractivity contribution in [2.75, 3.05) is 13.7 Å². The number of furan rings is 1. The minimum Gasteiger partial charge on any atom is -0.480 e. The lowest BCUT2D eigenvalue weighted by Gasteiger charge is -2.08. The van der Waals surface area contributed by atoms with Crippen LogP contribution < -0.4 is 15.2 Å². The molecule has 0 amide bonds. The first-order chi connectivity index (χ1) is 12.2. The highest BCUT2D eigenvalue weighted by molar-refractivity contribution is 5.86. The zero-order valence-electron chi connectivity index (χ0n) is 13.8. The number of hydrogen-bond donors (Lipinski definition) is 1. The van der Waals surface area contributed by atoms with Crippen LogP contribution in [0.4, 0.5) is 0 Å². The number of methoxy groups -OCH3 is 1. The van der Waals surface area contributed by atoms with Gasteiger partial charge in [-0.3, -0.25) is 0 Å². The molecule has 0 unspecified atom stereocenters. The van der Waals surface area contributed by atoms with Crippen molar-refractivity contribution in [3.05, 3.63) is 36.7 Å². The summed E-state index contributed by atoms with van der Waals surface area (Å²) in [4.78, 5) is 8.54. The summed E-state index contributed by atoms with van der Waals surface area (Å²) in [6.07, 6.45) is 3.34. The predicted molar refractivity (Wildman–Crippen MR) is 91.7 cm³/mol. The molecule has 0 aliphatic heterocycles. The Morgan fingerprint density at radius 3 is 2.96 bits per heavy atom. The molecule has 4 aromatic rings. The van der Waals surface area contributed by atoms with E-state index in [2.05, 4.69) is 15.1 Å². The number of ether oxygens (including phenoxy) is 2. The molecule has 8 heteroatoms. The summed E-state index contributed by atoms with van der Waals surface area (Å²) in [5.41, 5.74) is 7.80. The molecule has 0 aliphatic rings. The molecule has 4 heterocycles. The second-order valence-electron chi connectivity index (χ2n) is 5.72. The number of rotatable bonds is 5. The Morgan fingerprint density at radius 2 is 2.16 bits per heavy atom. The highest BCUT2D eigenvalue weighted by Gasteiger charge is 2.15. The quantitative estimate of drug-likeness (QED) is 0.595. The van der Waals surface area contributed by atoms with Crippen LogP contribution in [-0.4, -0.2) is 39.3 Å². The second kappa shape index (κ2) is 6.06. The Morgan fingerprint density at radius 1 is 1.28 bits per heavy atom. The van der Waals surface area contributed by atoms with Gasteiger partial charge in [-0.25, -0.2) is 14.5 Å². The molecule has 0 radical (unpaired) electrons. The summed E-state index contributed by atoms with van der Waals surface area (Å²) in [5.74, 6) is 1.60. The fourth-order valence-electron chi connectivity index (χ4n) is 2.55. The fourth-order valence-corrected chi connectivity index (χ4v) is 2.55. The molecule has 0 bridgehead atoms. The van der Waals surface area contributed by atoms with E-state index in [9.17, 15) is 0 Å². The first-order valence-electron chi connectivity index (χ1n) is 7.82. The topological polar surface area (TPSA) is 101 Å². The van der Waals surface area contributed by atoms with Crippen molar-refractivity contribution in [1.82, 2.24) is 19.6 Å². The Labute approximate surface area is 143 Å². The summed E-state index contributed by atoms with van der Waals surface area (Å²) in [7, 11) is 1.58. The number of nitrogens with zero attached hydrogens (tertiary/aromatic N) is 4. The zero-order valence-corrected chi connectivity index (χ0v) is 13.8. The van der Waals surface area contributed by atoms with E-state index in [0.717, 1.165) is 5.39 Å². The molecule has 0 spiro atoms. The van der Waals surface area contributed by atoms with Gasteiger partial charge in [-0.2, -0.15) is 0 Å². The Kier molecular flexibility index (Phi) is 3.73. The maximum atomic E-state index is 5.92. The average Bonchev–Trinajstić information content (AvgIpc) is 3.22. The standard InChI is InChI=1S/C17H17N5O3/c1-10(18)9-24-16-4-3-15-20-8-12(22(15)21-16)14-7-11-13(25-14)5-6-19-17(11)23-2/h3-8,10H,9,18H2,1-2H3/t10-/m0/s1. The van der Waals surface area contributed by atoms with Gasteiger partial charge in [0, 0.05) is 24.4 Å². The van der Waals surface area contributed by atoms with Crippen molar-refractivity contribution in [2.24, 2.45) is 5.73 Å². The summed E-state index contributed by atoms with van der Waals surface area (Å²) in [6.45, 7) is 2.26. The molecule has 128 valence electrons. The normalized spacial score (nSPS) is 12.6. The Balaban J connectivity index is 1.79. The molecule has 0 aliphatic carbocycles. The van der Waals surface area contributed by atoms with Crippen molar-refractivity contribution in [3.63, 3.8) is 0 Å². The first kappa shape index (κ1) is 15.4. The minimum absolute atomic E-state index is 0.0740. The van der Waals surface area contributed by atoms with Crippen LogP contribution >= 0.6 is 0 Å². The molecule has 8 nitrogen and oxygen atoms in total. The van der Waals surface area contributed by atoms with Crippen molar-refractivity contribution in [3.8, 4) is 23.2 Å². The lowest BCUT2D eigenvalue weighted by atomic mass is 10.3. The molecule has 0 aromatic carbocycles. The summed E-state index contributed by atoms with van der Waals surface area (Å²) < 4.78 is 18.5. The van der Waals surface area contributed by atoms with Crippen LogP contribution in [0.25, 0.3) is 28.1 Å². The van der Waals surface area contributed by atoms with E-state index >= 15 is 0 Å². The van der Waals surface area contributed by atoms with Crippen LogP contribution in [0, 0.1) is 0 Å². The van der Waals surface area contributed by atoms with Crippen molar-refractivity contribution in [2.45, 2.75) is 13.0 Å². The van der Waals surface area contributed by atoms with Gasteiger partial charge in [0.1, 0.15) is 17.9 Å². The van der Waals surface area contributed by atoms with Crippen LogP contribution in [0.5, 0.6) is 11.8 Å². The molecule has 25 heavy (non-hydrogen) atoms. The van der Waals surface area contributed by atoms with E-state index in [-0.39, 0.29) is 6.04 Å². The third kappa shape index (κ3) is 2.76. The molecular formula is C17H17N5O3. The lowest BCUT2D eigenvalue weighted by molar-refractivity contribution is 0.281. The number of pyridine rings is 1. The van der Waals surface area contributed by atoms with E-state index in [1.54, 1.807) is 36.2 Å². The number of aromatic nitrogens is 4. The zero-order chi connectivity index (χ0) is 17.4. The van der Waals surface area contributed by atoms with Gasteiger partial charge in [0.2, 0.25) is 11.8 Å². The monoisotopic (exact) mass is 339 g/mol. The van der Waals surface area contributed by atoms with Crippen molar-refractivity contribution < 1.29 is 13.9 Å². The van der Waals surface area contributed by atoms with Crippen LogP contribution in [0.3, 0.4) is 0 Å². The van der Waals surface area contributed by atoms with E-state index in [4.69, 9.17) is 19.6 Å². The second-order valence-corrected chi connectivity index (χ2v) is 5.72. The largest absolute Gasteiger partial charge is 0.480 e. The van der Waals surface area contributed by atoms with E-state index in [1.807, 2.05) is 19.1 Å². The SMILES string of the molecule is COc1nccc2oc(-c3cnc4ccc(OC[C@H](C)N)nn34)cc12. The number of hydrogen-bond acceptors (Lipinski definition) is 7. The smallest absolute Gasteiger partial charge is 0.231 e. The van der Waals surface area contributed by atoms with Gasteiger partial charge in [-0.1, -0.05) is 0 Å². The third-order valence-corrected chi connectivity index (χ3v) is 3.69. The van der Waals surface area contributed by atoms with E-state index in [0.29, 0.717) is 41.1 Å². The summed E-state index contributed by atoms with van der Waals surface area (Å²) in [6, 6.07) is 7.17. The van der Waals surface area contributed by atoms with Gasteiger partial charge in [0.25, 0.3) is 0 Å². The van der Waals surface area contributed by atoms with Gasteiger partial charge in [-0.15, -0.1) is 5.10 Å². The third-order valence-electron chi connectivity index (χ3n) is 3.69. The van der Waals surface area contributed by atoms with E-state index < -0.39 is 0 Å².